The minimum atomic E-state index is -1.27. The van der Waals surface area contributed by atoms with Gasteiger partial charge in [0.15, 0.2) is 17.3 Å². The van der Waals surface area contributed by atoms with Gasteiger partial charge in [-0.15, -0.1) is 0 Å². The molecule has 1 aromatic carbocycles. The molecule has 15 nitrogen and oxygen atoms in total. The van der Waals surface area contributed by atoms with Crippen molar-refractivity contribution in [2.45, 2.75) is 117 Å². The molecular formula is C40H64N6O9. The quantitative estimate of drug-likeness (QED) is 0.0576. The van der Waals surface area contributed by atoms with E-state index < -0.39 is 90.7 Å². The first kappa shape index (κ1) is 47.1. The zero-order chi connectivity index (χ0) is 41.1. The number of Topliss-reactive ketones (excluding diaryl/α,β-unsaturated/α-hetero) is 3. The van der Waals surface area contributed by atoms with Crippen LogP contribution in [-0.2, 0) is 39.9 Å². The first-order valence-corrected chi connectivity index (χ1v) is 19.5. The summed E-state index contributed by atoms with van der Waals surface area (Å²) in [6.07, 6.45) is 1.46. The predicted octanol–water partition coefficient (Wildman–Crippen LogP) is 1.47. The maximum Gasteiger partial charge on any atom is 0.246 e. The third-order valence-electron chi connectivity index (χ3n) is 9.55. The average molecular weight is 773 g/mol. The molecular weight excluding hydrogens is 708 g/mol. The first-order chi connectivity index (χ1) is 26.1. The third-order valence-corrected chi connectivity index (χ3v) is 9.55. The molecule has 0 saturated heterocycles. The number of carbonyl (C=O) groups is 6. The van der Waals surface area contributed by atoms with Crippen LogP contribution in [0.3, 0.4) is 0 Å². The van der Waals surface area contributed by atoms with Gasteiger partial charge in [-0.2, -0.15) is 0 Å². The van der Waals surface area contributed by atoms with Crippen molar-refractivity contribution in [2.75, 3.05) is 32.9 Å². The first-order valence-electron chi connectivity index (χ1n) is 19.5. The van der Waals surface area contributed by atoms with Gasteiger partial charge in [-0.1, -0.05) is 52.8 Å². The summed E-state index contributed by atoms with van der Waals surface area (Å²) in [5.41, 5.74) is 7.34. The minimum Gasteiger partial charge on any atom is -0.396 e. The fourth-order valence-corrected chi connectivity index (χ4v) is 6.26. The lowest BCUT2D eigenvalue weighted by Crippen LogP contribution is -2.51. The van der Waals surface area contributed by atoms with Crippen LogP contribution in [0.15, 0.2) is 30.5 Å². The Balaban J connectivity index is 2.11. The van der Waals surface area contributed by atoms with Gasteiger partial charge < -0.3 is 46.9 Å². The van der Waals surface area contributed by atoms with Crippen LogP contribution in [0.5, 0.6) is 0 Å². The second-order valence-electron chi connectivity index (χ2n) is 14.8. The summed E-state index contributed by atoms with van der Waals surface area (Å²) in [5.74, 6) is -6.06. The Morgan fingerprint density at radius 2 is 1.58 bits per heavy atom. The highest BCUT2D eigenvalue weighted by Crippen LogP contribution is 2.21. The van der Waals surface area contributed by atoms with Crippen molar-refractivity contribution >= 4 is 46.0 Å². The van der Waals surface area contributed by atoms with Crippen LogP contribution in [-0.4, -0.2) is 113 Å². The van der Waals surface area contributed by atoms with Crippen molar-refractivity contribution in [3.05, 3.63) is 36.0 Å². The number of hydrogen-bond acceptors (Lipinski definition) is 11. The molecule has 55 heavy (non-hydrogen) atoms. The van der Waals surface area contributed by atoms with E-state index in [2.05, 4.69) is 26.3 Å². The van der Waals surface area contributed by atoms with Crippen molar-refractivity contribution in [1.29, 1.82) is 0 Å². The van der Waals surface area contributed by atoms with E-state index in [9.17, 15) is 39.0 Å². The lowest BCUT2D eigenvalue weighted by atomic mass is 9.88. The number of carbonyl (C=O) groups excluding carboxylic acids is 6. The summed E-state index contributed by atoms with van der Waals surface area (Å²) >= 11 is 0. The molecule has 0 saturated carbocycles. The third kappa shape index (κ3) is 15.9. The Morgan fingerprint density at radius 1 is 0.873 bits per heavy atom. The van der Waals surface area contributed by atoms with Crippen LogP contribution in [0.4, 0.5) is 0 Å². The number of nitrogens with two attached hydrogens (primary N) is 1. The van der Waals surface area contributed by atoms with Gasteiger partial charge in [0.05, 0.1) is 49.3 Å². The number of ether oxygens (including phenoxy) is 1. The van der Waals surface area contributed by atoms with Crippen LogP contribution >= 0.6 is 0 Å². The van der Waals surface area contributed by atoms with E-state index >= 15 is 0 Å². The van der Waals surface area contributed by atoms with Gasteiger partial charge in [0.2, 0.25) is 17.7 Å². The van der Waals surface area contributed by atoms with E-state index in [-0.39, 0.29) is 37.7 Å². The van der Waals surface area contributed by atoms with Crippen LogP contribution < -0.4 is 27.0 Å². The van der Waals surface area contributed by atoms with Crippen LogP contribution in [0, 0.1) is 17.8 Å². The van der Waals surface area contributed by atoms with Gasteiger partial charge in [-0.25, -0.2) is 0 Å². The summed E-state index contributed by atoms with van der Waals surface area (Å²) in [5, 5.41) is 33.0. The molecule has 2 rings (SSSR count). The fraction of sp³-hybridized carbons (Fsp3) is 0.650. The lowest BCUT2D eigenvalue weighted by Gasteiger charge is -2.27. The van der Waals surface area contributed by atoms with Gasteiger partial charge >= 0.3 is 0 Å². The standard InChI is InChI=1S/C40H64N6O9/c1-7-34(49)33(18-27-21-43-31-13-9-8-12-29(27)31)45-40(54)30(26(6)48)20-36(51)38(24(2)3)46-39(53)28(22-47)19-35(50)32(14-10-11-15-41)44-37(52)23-55-17-16-42-25(4)5/h8-9,12-13,21,24-26,28,30,32-33,38,42-43,47-48H,7,10-11,14-20,22-23,41H2,1-6H3,(H,44,52)(H,45,54)(H,46,53)/t26-,28+,30+,32+,33+,38+/m1/s1. The highest BCUT2D eigenvalue weighted by molar-refractivity contribution is 5.97. The number of rotatable bonds is 28. The number of ketones is 3. The number of benzene rings is 1. The van der Waals surface area contributed by atoms with Gasteiger partial charge in [0.1, 0.15) is 6.61 Å². The Labute approximate surface area is 324 Å². The molecule has 2 aromatic rings. The minimum absolute atomic E-state index is 0.160. The maximum atomic E-state index is 13.7. The SMILES string of the molecule is CCC(=O)[C@H](Cc1c[nH]c2ccccc12)NC(=O)[C@@H](CC(=O)[C@@H](NC(=O)[C@H](CO)CC(=O)[C@H](CCCCN)NC(=O)COCCNC(C)C)C(C)C)[C@@H](C)O. The molecule has 9 N–H and O–H groups in total. The van der Waals surface area contributed by atoms with Crippen molar-refractivity contribution in [3.8, 4) is 0 Å². The molecule has 6 atom stereocenters. The Kier molecular flexibility index (Phi) is 21.0. The van der Waals surface area contributed by atoms with Crippen molar-refractivity contribution in [1.82, 2.24) is 26.3 Å². The molecule has 0 bridgehead atoms. The number of para-hydroxylation sites is 1. The molecule has 3 amide bonds. The van der Waals surface area contributed by atoms with Crippen molar-refractivity contribution < 1.29 is 43.7 Å². The number of fused-ring (bicyclic) bond motifs is 1. The molecule has 0 spiro atoms. The fourth-order valence-electron chi connectivity index (χ4n) is 6.26. The van der Waals surface area contributed by atoms with Gasteiger partial charge in [-0.05, 0) is 50.3 Å². The smallest absolute Gasteiger partial charge is 0.246 e. The Morgan fingerprint density at radius 3 is 2.20 bits per heavy atom. The summed E-state index contributed by atoms with van der Waals surface area (Å²) < 4.78 is 5.41. The number of H-pyrrole nitrogens is 1. The Bertz CT molecular complexity index is 1540. The molecule has 0 aliphatic rings. The molecule has 0 radical (unpaired) electrons. The number of aliphatic hydroxyl groups excluding tert-OH is 2. The normalized spacial score (nSPS) is 14.9. The molecule has 1 heterocycles. The molecule has 1 aromatic heterocycles. The Hall–Kier alpha value is -4.02. The highest BCUT2D eigenvalue weighted by atomic mass is 16.5. The number of aromatic amines is 1. The lowest BCUT2D eigenvalue weighted by molar-refractivity contribution is -0.138. The summed E-state index contributed by atoms with van der Waals surface area (Å²) in [4.78, 5) is 82.9. The van der Waals surface area contributed by atoms with E-state index in [1.807, 2.05) is 38.1 Å². The van der Waals surface area contributed by atoms with Crippen molar-refractivity contribution in [2.24, 2.45) is 23.5 Å². The van der Waals surface area contributed by atoms with Crippen LogP contribution in [0.25, 0.3) is 10.9 Å². The number of hydrogen-bond donors (Lipinski definition) is 8. The van der Waals surface area contributed by atoms with Crippen molar-refractivity contribution in [3.63, 3.8) is 0 Å². The van der Waals surface area contributed by atoms with E-state index in [4.69, 9.17) is 10.5 Å². The maximum absolute atomic E-state index is 13.7. The summed E-state index contributed by atoms with van der Waals surface area (Å²) in [7, 11) is 0. The van der Waals surface area contributed by atoms with E-state index in [0.717, 1.165) is 16.5 Å². The topological polar surface area (TPSA) is 242 Å². The zero-order valence-corrected chi connectivity index (χ0v) is 33.3. The van der Waals surface area contributed by atoms with Gasteiger partial charge in [0.25, 0.3) is 0 Å². The van der Waals surface area contributed by atoms with E-state index in [1.165, 1.54) is 6.92 Å². The van der Waals surface area contributed by atoms with E-state index in [0.29, 0.717) is 32.5 Å². The number of aliphatic hydroxyl groups is 2. The van der Waals surface area contributed by atoms with Crippen LogP contribution in [0.1, 0.15) is 85.6 Å². The van der Waals surface area contributed by atoms with Gasteiger partial charge in [0, 0.05) is 55.4 Å². The van der Waals surface area contributed by atoms with Crippen LogP contribution in [0.2, 0.25) is 0 Å². The second kappa shape index (κ2) is 24.5. The summed E-state index contributed by atoms with van der Waals surface area (Å²) in [6, 6.07) is 4.88. The summed E-state index contributed by atoms with van der Waals surface area (Å²) in [6.45, 7) is 10.7. The predicted molar refractivity (Wildman–Crippen MR) is 210 cm³/mol. The number of nitrogens with one attached hydrogen (secondary N) is 5. The monoisotopic (exact) mass is 772 g/mol. The van der Waals surface area contributed by atoms with E-state index in [1.54, 1.807) is 27.0 Å². The molecule has 0 aliphatic heterocycles. The zero-order valence-electron chi connectivity index (χ0n) is 33.3. The van der Waals surface area contributed by atoms with Gasteiger partial charge in [-0.3, -0.25) is 28.8 Å². The molecule has 308 valence electrons. The second-order valence-corrected chi connectivity index (χ2v) is 14.8. The number of amides is 3. The molecule has 0 aliphatic carbocycles. The molecule has 0 unspecified atom stereocenters. The number of unbranched alkanes of at least 4 members (excludes halogenated alkanes) is 1. The highest BCUT2D eigenvalue weighted by Gasteiger charge is 2.35. The molecule has 0 fully saturated rings. The number of aromatic nitrogens is 1. The molecule has 15 heteroatoms. The largest absolute Gasteiger partial charge is 0.396 e. The average Bonchev–Trinajstić information content (AvgIpc) is 3.55.